The van der Waals surface area contributed by atoms with Crippen LogP contribution in [0.3, 0.4) is 0 Å². The van der Waals surface area contributed by atoms with Gasteiger partial charge in [-0.15, -0.1) is 0 Å². The van der Waals surface area contributed by atoms with Crippen LogP contribution in [0.15, 0.2) is 24.3 Å². The zero-order chi connectivity index (χ0) is 11.1. The molecule has 2 N–H and O–H groups in total. The van der Waals surface area contributed by atoms with Gasteiger partial charge in [0.15, 0.2) is 0 Å². The SMILES string of the molecule is CCCOc1ccc(CCB(O)O)cc1. The van der Waals surface area contributed by atoms with Crippen molar-refractivity contribution in [3.8, 4) is 5.75 Å². The Balaban J connectivity index is 2.41. The third kappa shape index (κ3) is 4.86. The van der Waals surface area contributed by atoms with Gasteiger partial charge in [0, 0.05) is 0 Å². The molecule has 0 amide bonds. The van der Waals surface area contributed by atoms with Crippen LogP contribution in [-0.4, -0.2) is 23.8 Å². The van der Waals surface area contributed by atoms with Crippen LogP contribution in [0.5, 0.6) is 5.75 Å². The van der Waals surface area contributed by atoms with Gasteiger partial charge in [0.25, 0.3) is 0 Å². The van der Waals surface area contributed by atoms with E-state index in [-0.39, 0.29) is 0 Å². The molecule has 3 nitrogen and oxygen atoms in total. The highest BCUT2D eigenvalue weighted by Crippen LogP contribution is 2.13. The second-order valence-corrected chi connectivity index (χ2v) is 3.51. The molecular formula is C11H17BO3. The summed E-state index contributed by atoms with van der Waals surface area (Å²) in [5, 5.41) is 17.4. The minimum Gasteiger partial charge on any atom is -0.494 e. The van der Waals surface area contributed by atoms with Crippen LogP contribution in [0.25, 0.3) is 0 Å². The molecule has 0 fully saturated rings. The van der Waals surface area contributed by atoms with Crippen molar-refractivity contribution in [2.24, 2.45) is 0 Å². The number of aryl methyl sites for hydroxylation is 1. The van der Waals surface area contributed by atoms with Crippen molar-refractivity contribution in [2.75, 3.05) is 6.61 Å². The van der Waals surface area contributed by atoms with Crippen LogP contribution < -0.4 is 4.74 Å². The van der Waals surface area contributed by atoms with E-state index in [1.54, 1.807) is 0 Å². The van der Waals surface area contributed by atoms with Crippen molar-refractivity contribution < 1.29 is 14.8 Å². The maximum Gasteiger partial charge on any atom is 0.451 e. The van der Waals surface area contributed by atoms with E-state index >= 15 is 0 Å². The third-order valence-corrected chi connectivity index (χ3v) is 2.09. The van der Waals surface area contributed by atoms with Gasteiger partial charge < -0.3 is 14.8 Å². The van der Waals surface area contributed by atoms with Crippen LogP contribution in [0.2, 0.25) is 6.32 Å². The molecule has 0 radical (unpaired) electrons. The zero-order valence-corrected chi connectivity index (χ0v) is 9.02. The molecule has 0 aliphatic rings. The van der Waals surface area contributed by atoms with Gasteiger partial charge in [-0.25, -0.2) is 0 Å². The Labute approximate surface area is 90.9 Å². The average molecular weight is 208 g/mol. The van der Waals surface area contributed by atoms with Crippen molar-refractivity contribution in [2.45, 2.75) is 26.1 Å². The summed E-state index contributed by atoms with van der Waals surface area (Å²) in [6.07, 6.45) is 2.04. The lowest BCUT2D eigenvalue weighted by Gasteiger charge is -2.05. The zero-order valence-electron chi connectivity index (χ0n) is 9.02. The second-order valence-electron chi connectivity index (χ2n) is 3.51. The van der Waals surface area contributed by atoms with Gasteiger partial charge in [-0.2, -0.15) is 0 Å². The van der Waals surface area contributed by atoms with Gasteiger partial charge in [0.05, 0.1) is 6.61 Å². The summed E-state index contributed by atoms with van der Waals surface area (Å²) in [7, 11) is -1.22. The van der Waals surface area contributed by atoms with Crippen LogP contribution in [0.1, 0.15) is 18.9 Å². The van der Waals surface area contributed by atoms with E-state index in [1.165, 1.54) is 0 Å². The Morgan fingerprint density at radius 1 is 1.20 bits per heavy atom. The summed E-state index contributed by atoms with van der Waals surface area (Å²) < 4.78 is 5.44. The van der Waals surface area contributed by atoms with E-state index in [4.69, 9.17) is 14.8 Å². The van der Waals surface area contributed by atoms with Gasteiger partial charge in [-0.1, -0.05) is 19.1 Å². The molecule has 0 spiro atoms. The maximum absolute atomic E-state index is 8.72. The predicted molar refractivity (Wildman–Crippen MR) is 60.9 cm³/mol. The summed E-state index contributed by atoms with van der Waals surface area (Å²) in [5.41, 5.74) is 1.09. The molecule has 82 valence electrons. The topological polar surface area (TPSA) is 49.7 Å². The van der Waals surface area contributed by atoms with Crippen LogP contribution >= 0.6 is 0 Å². The molecule has 0 saturated heterocycles. The Hall–Kier alpha value is -0.995. The summed E-state index contributed by atoms with van der Waals surface area (Å²) >= 11 is 0. The molecule has 0 atom stereocenters. The Kier molecular flexibility index (Phi) is 5.22. The molecule has 1 aromatic rings. The molecule has 15 heavy (non-hydrogen) atoms. The third-order valence-electron chi connectivity index (χ3n) is 2.09. The highest BCUT2D eigenvalue weighted by molar-refractivity contribution is 6.40. The summed E-state index contributed by atoms with van der Waals surface area (Å²) in [4.78, 5) is 0. The first kappa shape index (κ1) is 12.1. The monoisotopic (exact) mass is 208 g/mol. The maximum atomic E-state index is 8.72. The van der Waals surface area contributed by atoms with Crippen molar-refractivity contribution in [1.29, 1.82) is 0 Å². The molecule has 0 aliphatic heterocycles. The fourth-order valence-electron chi connectivity index (χ4n) is 1.27. The average Bonchev–Trinajstić information content (AvgIpc) is 2.25. The normalized spacial score (nSPS) is 10.1. The van der Waals surface area contributed by atoms with Gasteiger partial charge in [-0.3, -0.25) is 0 Å². The van der Waals surface area contributed by atoms with Crippen molar-refractivity contribution in [3.63, 3.8) is 0 Å². The molecule has 0 bridgehead atoms. The van der Waals surface area contributed by atoms with Gasteiger partial charge in [0.1, 0.15) is 5.75 Å². The molecule has 1 aromatic carbocycles. The predicted octanol–water partition coefficient (Wildman–Crippen LogP) is 1.49. The molecule has 0 unspecified atom stereocenters. The Morgan fingerprint density at radius 2 is 1.87 bits per heavy atom. The van der Waals surface area contributed by atoms with E-state index in [9.17, 15) is 0 Å². The Morgan fingerprint density at radius 3 is 2.40 bits per heavy atom. The largest absolute Gasteiger partial charge is 0.494 e. The molecule has 0 aliphatic carbocycles. The van der Waals surface area contributed by atoms with Gasteiger partial charge >= 0.3 is 7.12 Å². The van der Waals surface area contributed by atoms with Crippen molar-refractivity contribution in [3.05, 3.63) is 29.8 Å². The van der Waals surface area contributed by atoms with E-state index < -0.39 is 7.12 Å². The lowest BCUT2D eigenvalue weighted by Crippen LogP contribution is -2.11. The van der Waals surface area contributed by atoms with E-state index in [0.717, 1.165) is 24.3 Å². The highest BCUT2D eigenvalue weighted by Gasteiger charge is 2.06. The first-order valence-corrected chi connectivity index (χ1v) is 5.30. The summed E-state index contributed by atoms with van der Waals surface area (Å²) in [6.45, 7) is 2.80. The quantitative estimate of drug-likeness (QED) is 0.696. The van der Waals surface area contributed by atoms with Gasteiger partial charge in [-0.05, 0) is 36.9 Å². The minimum absolute atomic E-state index is 0.370. The molecule has 4 heteroatoms. The number of benzene rings is 1. The highest BCUT2D eigenvalue weighted by atomic mass is 16.5. The first-order chi connectivity index (χ1) is 7.22. The van der Waals surface area contributed by atoms with Crippen molar-refractivity contribution >= 4 is 7.12 Å². The molecule has 0 aromatic heterocycles. The number of hydrogen-bond acceptors (Lipinski definition) is 3. The fraction of sp³-hybridized carbons (Fsp3) is 0.455. The van der Waals surface area contributed by atoms with Crippen LogP contribution in [-0.2, 0) is 6.42 Å². The molecular weight excluding hydrogens is 191 g/mol. The lowest BCUT2D eigenvalue weighted by molar-refractivity contribution is 0.317. The van der Waals surface area contributed by atoms with E-state index in [0.29, 0.717) is 12.7 Å². The Bertz CT molecular complexity index is 272. The second kappa shape index (κ2) is 6.48. The number of hydrogen-bond donors (Lipinski definition) is 2. The number of rotatable bonds is 6. The first-order valence-electron chi connectivity index (χ1n) is 5.30. The smallest absolute Gasteiger partial charge is 0.451 e. The molecule has 0 saturated carbocycles. The van der Waals surface area contributed by atoms with Crippen LogP contribution in [0.4, 0.5) is 0 Å². The molecule has 0 heterocycles. The minimum atomic E-state index is -1.22. The molecule has 1 rings (SSSR count). The van der Waals surface area contributed by atoms with Crippen LogP contribution in [0, 0.1) is 0 Å². The van der Waals surface area contributed by atoms with Gasteiger partial charge in [0.2, 0.25) is 0 Å². The summed E-state index contributed by atoms with van der Waals surface area (Å²) in [6, 6.07) is 7.73. The van der Waals surface area contributed by atoms with E-state index in [2.05, 4.69) is 6.92 Å². The summed E-state index contributed by atoms with van der Waals surface area (Å²) in [5.74, 6) is 0.866. The number of ether oxygens (including phenoxy) is 1. The standard InChI is InChI=1S/C11H17BO3/c1-2-9-15-11-5-3-10(4-6-11)7-8-12(13)14/h3-6,13-14H,2,7-9H2,1H3. The lowest BCUT2D eigenvalue weighted by atomic mass is 9.83. The van der Waals surface area contributed by atoms with Crippen molar-refractivity contribution in [1.82, 2.24) is 0 Å². The fourth-order valence-corrected chi connectivity index (χ4v) is 1.27. The van der Waals surface area contributed by atoms with E-state index in [1.807, 2.05) is 24.3 Å².